The zero-order chi connectivity index (χ0) is 12.3. The number of benzene rings is 1. The van der Waals surface area contributed by atoms with E-state index in [0.717, 1.165) is 0 Å². The van der Waals surface area contributed by atoms with Gasteiger partial charge in [-0.25, -0.2) is 4.39 Å². The Morgan fingerprint density at radius 1 is 1.29 bits per heavy atom. The maximum atomic E-state index is 13.5. The van der Waals surface area contributed by atoms with Gasteiger partial charge in [0.1, 0.15) is 11.7 Å². The fourth-order valence-corrected chi connectivity index (χ4v) is 2.23. The lowest BCUT2D eigenvalue weighted by Crippen LogP contribution is -2.11. The average Bonchev–Trinajstić information content (AvgIpc) is 2.86. The van der Waals surface area contributed by atoms with Crippen LogP contribution in [0.15, 0.2) is 41.8 Å². The molecule has 1 aromatic heterocycles. The molecule has 0 bridgehead atoms. The summed E-state index contributed by atoms with van der Waals surface area (Å²) < 4.78 is 13.5. The quantitative estimate of drug-likeness (QED) is 0.778. The van der Waals surface area contributed by atoms with Crippen molar-refractivity contribution in [3.8, 4) is 6.07 Å². The average molecular weight is 245 g/mol. The summed E-state index contributed by atoms with van der Waals surface area (Å²) in [5.41, 5.74) is 0.133. The number of hydrogen-bond acceptors (Lipinski definition) is 3. The third kappa shape index (κ3) is 2.24. The minimum Gasteiger partial charge on any atom is -0.291 e. The van der Waals surface area contributed by atoms with Crippen LogP contribution in [-0.2, 0) is 0 Å². The third-order valence-corrected chi connectivity index (χ3v) is 3.26. The van der Waals surface area contributed by atoms with Gasteiger partial charge in [0, 0.05) is 5.56 Å². The van der Waals surface area contributed by atoms with Crippen molar-refractivity contribution in [1.29, 1.82) is 5.26 Å². The minimum atomic E-state index is -1.07. The van der Waals surface area contributed by atoms with Crippen LogP contribution in [-0.4, -0.2) is 5.78 Å². The van der Waals surface area contributed by atoms with Crippen LogP contribution in [0.2, 0.25) is 0 Å². The molecule has 2 nitrogen and oxygen atoms in total. The third-order valence-electron chi connectivity index (χ3n) is 2.37. The fraction of sp³-hybridized carbons (Fsp3) is 0.0769. The van der Waals surface area contributed by atoms with E-state index < -0.39 is 11.7 Å². The van der Waals surface area contributed by atoms with Crippen LogP contribution < -0.4 is 0 Å². The molecule has 0 aliphatic carbocycles. The van der Waals surface area contributed by atoms with Crippen LogP contribution in [0.5, 0.6) is 0 Å². The molecule has 0 aliphatic rings. The summed E-state index contributed by atoms with van der Waals surface area (Å²) in [6.45, 7) is 0. The number of ketones is 1. The molecule has 0 radical (unpaired) electrons. The summed E-state index contributed by atoms with van der Waals surface area (Å²) in [4.78, 5) is 12.5. The SMILES string of the molecule is N#CC(C(=O)c1cccs1)c1ccccc1F. The second-order valence-corrected chi connectivity index (χ2v) is 4.37. The highest BCUT2D eigenvalue weighted by Gasteiger charge is 2.24. The summed E-state index contributed by atoms with van der Waals surface area (Å²) in [6, 6.07) is 11.1. The molecule has 17 heavy (non-hydrogen) atoms. The highest BCUT2D eigenvalue weighted by atomic mass is 32.1. The van der Waals surface area contributed by atoms with Gasteiger partial charge in [-0.1, -0.05) is 24.3 Å². The Hall–Kier alpha value is -1.99. The van der Waals surface area contributed by atoms with Crippen LogP contribution in [0.4, 0.5) is 4.39 Å². The van der Waals surface area contributed by atoms with Crippen molar-refractivity contribution in [2.75, 3.05) is 0 Å². The van der Waals surface area contributed by atoms with E-state index in [1.807, 2.05) is 6.07 Å². The molecule has 1 atom stereocenters. The number of thiophene rings is 1. The van der Waals surface area contributed by atoms with Gasteiger partial charge in [-0.15, -0.1) is 11.3 Å². The lowest BCUT2D eigenvalue weighted by Gasteiger charge is -2.07. The maximum Gasteiger partial charge on any atom is 0.194 e. The molecule has 0 N–H and O–H groups in total. The van der Waals surface area contributed by atoms with Crippen LogP contribution in [0.25, 0.3) is 0 Å². The smallest absolute Gasteiger partial charge is 0.194 e. The van der Waals surface area contributed by atoms with Crippen molar-refractivity contribution in [1.82, 2.24) is 0 Å². The number of halogens is 1. The van der Waals surface area contributed by atoms with Gasteiger partial charge in [-0.3, -0.25) is 4.79 Å². The van der Waals surface area contributed by atoms with Gasteiger partial charge in [0.2, 0.25) is 0 Å². The Morgan fingerprint density at radius 3 is 2.65 bits per heavy atom. The number of Topliss-reactive ketones (excluding diaryl/α,β-unsaturated/α-hetero) is 1. The van der Waals surface area contributed by atoms with Crippen molar-refractivity contribution in [2.24, 2.45) is 0 Å². The van der Waals surface area contributed by atoms with E-state index in [0.29, 0.717) is 4.88 Å². The summed E-state index contributed by atoms with van der Waals surface area (Å²) >= 11 is 1.25. The van der Waals surface area contributed by atoms with E-state index in [9.17, 15) is 9.18 Å². The van der Waals surface area contributed by atoms with Crippen LogP contribution in [0.3, 0.4) is 0 Å². The van der Waals surface area contributed by atoms with Gasteiger partial charge < -0.3 is 0 Å². The summed E-state index contributed by atoms with van der Waals surface area (Å²) in [5, 5.41) is 10.8. The standard InChI is InChI=1S/C13H8FNOS/c14-11-5-2-1-4-9(11)10(8-15)13(16)12-6-3-7-17-12/h1-7,10H. The Labute approximate surface area is 102 Å². The Morgan fingerprint density at radius 2 is 2.06 bits per heavy atom. The highest BCUT2D eigenvalue weighted by molar-refractivity contribution is 7.12. The van der Waals surface area contributed by atoms with Crippen molar-refractivity contribution in [2.45, 2.75) is 5.92 Å². The molecular formula is C13H8FNOS. The van der Waals surface area contributed by atoms with Crippen molar-refractivity contribution < 1.29 is 9.18 Å². The molecule has 84 valence electrons. The molecule has 1 heterocycles. The van der Waals surface area contributed by atoms with Gasteiger partial charge in [-0.2, -0.15) is 5.26 Å². The van der Waals surface area contributed by atoms with E-state index in [2.05, 4.69) is 0 Å². The number of carbonyl (C=O) groups is 1. The number of carbonyl (C=O) groups excluding carboxylic acids is 1. The Bertz CT molecular complexity index is 571. The van der Waals surface area contributed by atoms with Crippen molar-refractivity contribution in [3.05, 3.63) is 58.0 Å². The van der Waals surface area contributed by atoms with E-state index in [1.165, 1.54) is 29.5 Å². The van der Waals surface area contributed by atoms with Crippen LogP contribution >= 0.6 is 11.3 Å². The number of hydrogen-bond donors (Lipinski definition) is 0. The molecule has 1 unspecified atom stereocenters. The first-order valence-electron chi connectivity index (χ1n) is 4.96. The van der Waals surface area contributed by atoms with E-state index in [-0.39, 0.29) is 11.3 Å². The normalized spacial score (nSPS) is 11.8. The second kappa shape index (κ2) is 4.89. The number of nitrogens with zero attached hydrogens (tertiary/aromatic N) is 1. The molecule has 1 aromatic carbocycles. The van der Waals surface area contributed by atoms with Crippen LogP contribution in [0, 0.1) is 17.1 Å². The maximum absolute atomic E-state index is 13.5. The largest absolute Gasteiger partial charge is 0.291 e. The topological polar surface area (TPSA) is 40.9 Å². The minimum absolute atomic E-state index is 0.133. The Kier molecular flexibility index (Phi) is 3.31. The lowest BCUT2D eigenvalue weighted by atomic mass is 9.95. The predicted octanol–water partition coefficient (Wildman–Crippen LogP) is 3.38. The summed E-state index contributed by atoms with van der Waals surface area (Å²) in [7, 11) is 0. The van der Waals surface area contributed by atoms with E-state index in [4.69, 9.17) is 5.26 Å². The van der Waals surface area contributed by atoms with Gasteiger partial charge in [0.25, 0.3) is 0 Å². The number of nitriles is 1. The van der Waals surface area contributed by atoms with Gasteiger partial charge in [0.15, 0.2) is 5.78 Å². The summed E-state index contributed by atoms with van der Waals surface area (Å²) in [6.07, 6.45) is 0. The van der Waals surface area contributed by atoms with E-state index >= 15 is 0 Å². The van der Waals surface area contributed by atoms with Gasteiger partial charge in [-0.05, 0) is 17.5 Å². The lowest BCUT2D eigenvalue weighted by molar-refractivity contribution is 0.0981. The van der Waals surface area contributed by atoms with E-state index in [1.54, 1.807) is 23.6 Å². The van der Waals surface area contributed by atoms with Gasteiger partial charge >= 0.3 is 0 Å². The van der Waals surface area contributed by atoms with Crippen molar-refractivity contribution in [3.63, 3.8) is 0 Å². The van der Waals surface area contributed by atoms with Crippen molar-refractivity contribution >= 4 is 17.1 Å². The first kappa shape index (κ1) is 11.5. The molecular weight excluding hydrogens is 237 g/mol. The monoisotopic (exact) mass is 245 g/mol. The molecule has 0 saturated heterocycles. The fourth-order valence-electron chi connectivity index (χ4n) is 1.54. The van der Waals surface area contributed by atoms with Crippen LogP contribution in [0.1, 0.15) is 21.2 Å². The molecule has 4 heteroatoms. The zero-order valence-corrected chi connectivity index (χ0v) is 9.58. The molecule has 0 fully saturated rings. The predicted molar refractivity (Wildman–Crippen MR) is 63.4 cm³/mol. The Balaban J connectivity index is 2.39. The molecule has 0 aliphatic heterocycles. The molecule has 0 spiro atoms. The molecule has 0 amide bonds. The molecule has 0 saturated carbocycles. The first-order chi connectivity index (χ1) is 8.24. The molecule has 2 aromatic rings. The second-order valence-electron chi connectivity index (χ2n) is 3.43. The first-order valence-corrected chi connectivity index (χ1v) is 5.83. The zero-order valence-electron chi connectivity index (χ0n) is 8.76. The summed E-state index contributed by atoms with van der Waals surface area (Å²) in [5.74, 6) is -1.95. The highest BCUT2D eigenvalue weighted by Crippen LogP contribution is 2.24. The number of rotatable bonds is 3. The van der Waals surface area contributed by atoms with Gasteiger partial charge in [0.05, 0.1) is 10.9 Å². The molecule has 2 rings (SSSR count).